The van der Waals surface area contributed by atoms with E-state index in [1.54, 1.807) is 18.1 Å². The number of anilines is 1. The molecule has 0 N–H and O–H groups in total. The first-order chi connectivity index (χ1) is 13.1. The average molecular weight is 363 g/mol. The zero-order valence-electron chi connectivity index (χ0n) is 15.4. The van der Waals surface area contributed by atoms with Crippen molar-refractivity contribution in [2.24, 2.45) is 0 Å². The molecular weight excluding hydrogens is 346 g/mol. The monoisotopic (exact) mass is 363 g/mol. The van der Waals surface area contributed by atoms with Gasteiger partial charge in [-0.25, -0.2) is 0 Å². The molecule has 2 aromatic heterocycles. The Labute approximate surface area is 156 Å². The molecule has 4 rings (SSSR count). The maximum atomic E-state index is 9.82. The summed E-state index contributed by atoms with van der Waals surface area (Å²) in [6, 6.07) is 7.65. The number of pyridine rings is 1. The zero-order valence-corrected chi connectivity index (χ0v) is 15.4. The molecule has 0 saturated carbocycles. The summed E-state index contributed by atoms with van der Waals surface area (Å²) >= 11 is 0. The second kappa shape index (κ2) is 6.29. The highest BCUT2D eigenvalue weighted by atomic mass is 16.5. The van der Waals surface area contributed by atoms with Crippen molar-refractivity contribution in [2.45, 2.75) is 6.92 Å². The van der Waals surface area contributed by atoms with E-state index in [1.807, 2.05) is 33.2 Å². The molecule has 3 heterocycles. The summed E-state index contributed by atoms with van der Waals surface area (Å²) in [6.07, 6.45) is 0. The first-order valence-corrected chi connectivity index (χ1v) is 8.39. The minimum Gasteiger partial charge on any atom is -0.497 e. The molecule has 0 spiro atoms. The highest BCUT2D eigenvalue weighted by Gasteiger charge is 2.29. The number of nitrogens with zero attached hydrogens (tertiary/aromatic N) is 5. The maximum Gasteiger partial charge on any atom is 0.234 e. The standard InChI is InChI=1S/C19H17N5O3/c1-5-26-17-12(9-20)14-11-7-6-10(25-4)8-13(11)27-18-15(14)16(21-17)22-19(23-18)24(2)3/h6-8H,5H2,1-4H3. The van der Waals surface area contributed by atoms with Crippen molar-refractivity contribution in [1.29, 1.82) is 5.26 Å². The van der Waals surface area contributed by atoms with E-state index in [2.05, 4.69) is 21.0 Å². The van der Waals surface area contributed by atoms with Gasteiger partial charge in [-0.3, -0.25) is 0 Å². The van der Waals surface area contributed by atoms with E-state index in [4.69, 9.17) is 14.2 Å². The number of aromatic nitrogens is 3. The molecule has 0 unspecified atom stereocenters. The van der Waals surface area contributed by atoms with Crippen molar-refractivity contribution in [3.05, 3.63) is 23.8 Å². The fraction of sp³-hybridized carbons (Fsp3) is 0.263. The van der Waals surface area contributed by atoms with Crippen LogP contribution in [0.2, 0.25) is 0 Å². The number of methoxy groups -OCH3 is 1. The number of benzene rings is 1. The summed E-state index contributed by atoms with van der Waals surface area (Å²) in [6.45, 7) is 2.23. The molecule has 0 atom stereocenters. The number of rotatable bonds is 4. The van der Waals surface area contributed by atoms with E-state index in [0.717, 1.165) is 5.56 Å². The molecule has 136 valence electrons. The summed E-state index contributed by atoms with van der Waals surface area (Å²) in [5, 5.41) is 10.4. The molecule has 0 saturated heterocycles. The second-order valence-corrected chi connectivity index (χ2v) is 6.10. The van der Waals surface area contributed by atoms with Gasteiger partial charge in [-0.1, -0.05) is 0 Å². The number of ether oxygens (including phenoxy) is 3. The van der Waals surface area contributed by atoms with Gasteiger partial charge in [-0.2, -0.15) is 20.2 Å². The molecule has 8 nitrogen and oxygen atoms in total. The molecule has 3 aromatic rings. The van der Waals surface area contributed by atoms with Gasteiger partial charge in [0.2, 0.25) is 17.7 Å². The highest BCUT2D eigenvalue weighted by Crippen LogP contribution is 2.49. The predicted octanol–water partition coefficient (Wildman–Crippen LogP) is 3.14. The van der Waals surface area contributed by atoms with Crippen molar-refractivity contribution >= 4 is 17.0 Å². The lowest BCUT2D eigenvalue weighted by molar-refractivity contribution is 0.327. The van der Waals surface area contributed by atoms with Crippen LogP contribution in [0.3, 0.4) is 0 Å². The van der Waals surface area contributed by atoms with Gasteiger partial charge >= 0.3 is 0 Å². The lowest BCUT2D eigenvalue weighted by Gasteiger charge is -2.23. The minimum absolute atomic E-state index is 0.250. The molecule has 1 aliphatic rings. The van der Waals surface area contributed by atoms with Crippen molar-refractivity contribution in [3.8, 4) is 40.5 Å². The summed E-state index contributed by atoms with van der Waals surface area (Å²) in [5.74, 6) is 2.26. The Balaban J connectivity index is 2.13. The molecule has 0 amide bonds. The van der Waals surface area contributed by atoms with Crippen LogP contribution in [0.4, 0.5) is 5.95 Å². The fourth-order valence-corrected chi connectivity index (χ4v) is 3.01. The molecule has 1 aromatic carbocycles. The van der Waals surface area contributed by atoms with Crippen molar-refractivity contribution in [3.63, 3.8) is 0 Å². The average Bonchev–Trinajstić information content (AvgIpc) is 2.67. The van der Waals surface area contributed by atoms with Crippen LogP contribution < -0.4 is 19.1 Å². The lowest BCUT2D eigenvalue weighted by Crippen LogP contribution is -2.15. The number of hydrogen-bond acceptors (Lipinski definition) is 8. The van der Waals surface area contributed by atoms with Crippen molar-refractivity contribution in [1.82, 2.24) is 15.0 Å². The topological polar surface area (TPSA) is 93.4 Å². The third-order valence-corrected chi connectivity index (χ3v) is 4.22. The number of fused-ring (bicyclic) bond motifs is 2. The van der Waals surface area contributed by atoms with E-state index in [0.29, 0.717) is 52.1 Å². The van der Waals surface area contributed by atoms with Gasteiger partial charge < -0.3 is 19.1 Å². The predicted molar refractivity (Wildman–Crippen MR) is 99.6 cm³/mol. The van der Waals surface area contributed by atoms with Gasteiger partial charge in [-0.05, 0) is 19.1 Å². The minimum atomic E-state index is 0.250. The SMILES string of the molecule is CCOc1nc2nc(N(C)C)nc3c2c(c1C#N)-c1ccc(OC)cc1O3. The molecule has 1 aliphatic heterocycles. The zero-order chi connectivity index (χ0) is 19.1. The molecule has 27 heavy (non-hydrogen) atoms. The smallest absolute Gasteiger partial charge is 0.234 e. The van der Waals surface area contributed by atoms with E-state index in [-0.39, 0.29) is 5.88 Å². The summed E-state index contributed by atoms with van der Waals surface area (Å²) in [4.78, 5) is 15.2. The van der Waals surface area contributed by atoms with E-state index >= 15 is 0 Å². The van der Waals surface area contributed by atoms with Crippen LogP contribution in [0.15, 0.2) is 18.2 Å². The van der Waals surface area contributed by atoms with Crippen LogP contribution >= 0.6 is 0 Å². The Morgan fingerprint density at radius 1 is 1.22 bits per heavy atom. The van der Waals surface area contributed by atoms with Crippen molar-refractivity contribution < 1.29 is 14.2 Å². The van der Waals surface area contributed by atoms with E-state index < -0.39 is 0 Å². The van der Waals surface area contributed by atoms with Gasteiger partial charge in [0.1, 0.15) is 23.1 Å². The summed E-state index contributed by atoms with van der Waals surface area (Å²) in [7, 11) is 5.26. The van der Waals surface area contributed by atoms with Gasteiger partial charge in [-0.15, -0.1) is 0 Å². The van der Waals surface area contributed by atoms with Crippen LogP contribution in [0.25, 0.3) is 22.2 Å². The largest absolute Gasteiger partial charge is 0.497 e. The highest BCUT2D eigenvalue weighted by molar-refractivity contribution is 6.03. The number of nitriles is 1. The van der Waals surface area contributed by atoms with E-state index in [9.17, 15) is 5.26 Å². The van der Waals surface area contributed by atoms with E-state index in [1.165, 1.54) is 0 Å². The van der Waals surface area contributed by atoms with Gasteiger partial charge in [0.25, 0.3) is 0 Å². The van der Waals surface area contributed by atoms with Crippen LogP contribution in [0, 0.1) is 11.3 Å². The molecule has 0 radical (unpaired) electrons. The van der Waals surface area contributed by atoms with Crippen LogP contribution in [-0.2, 0) is 0 Å². The lowest BCUT2D eigenvalue weighted by atomic mass is 9.95. The first-order valence-electron chi connectivity index (χ1n) is 8.39. The van der Waals surface area contributed by atoms with Gasteiger partial charge in [0.15, 0.2) is 5.65 Å². The molecule has 0 fully saturated rings. The normalized spacial score (nSPS) is 11.4. The van der Waals surface area contributed by atoms with Crippen LogP contribution in [0.1, 0.15) is 12.5 Å². The molecule has 8 heteroatoms. The maximum absolute atomic E-state index is 9.82. The Bertz CT molecular complexity index is 1100. The first kappa shape index (κ1) is 16.8. The van der Waals surface area contributed by atoms with Gasteiger partial charge in [0.05, 0.1) is 19.1 Å². The van der Waals surface area contributed by atoms with Crippen molar-refractivity contribution in [2.75, 3.05) is 32.7 Å². The second-order valence-electron chi connectivity index (χ2n) is 6.10. The Kier molecular flexibility index (Phi) is 3.92. The fourth-order valence-electron chi connectivity index (χ4n) is 3.01. The molecule has 0 aliphatic carbocycles. The van der Waals surface area contributed by atoms with Gasteiger partial charge in [0, 0.05) is 31.3 Å². The Morgan fingerprint density at radius 3 is 2.70 bits per heavy atom. The Hall–Kier alpha value is -3.60. The summed E-state index contributed by atoms with van der Waals surface area (Å²) < 4.78 is 17.0. The third kappa shape index (κ3) is 2.56. The molecule has 0 bridgehead atoms. The van der Waals surface area contributed by atoms with Crippen LogP contribution in [-0.4, -0.2) is 42.8 Å². The number of hydrogen-bond donors (Lipinski definition) is 0. The summed E-state index contributed by atoms with van der Waals surface area (Å²) in [5.41, 5.74) is 2.16. The molecular formula is C19H17N5O3. The quantitative estimate of drug-likeness (QED) is 0.546. The Morgan fingerprint density at radius 2 is 2.04 bits per heavy atom. The van der Waals surface area contributed by atoms with Crippen LogP contribution in [0.5, 0.6) is 23.3 Å². The third-order valence-electron chi connectivity index (χ3n) is 4.22.